The van der Waals surface area contributed by atoms with Gasteiger partial charge in [0.25, 0.3) is 0 Å². The topological polar surface area (TPSA) is 44.8 Å². The average Bonchev–Trinajstić information content (AvgIpc) is 2.60. The number of carbonyl (C=O) groups is 1. The molecule has 0 unspecified atom stereocenters. The lowest BCUT2D eigenvalue weighted by Gasteiger charge is -2.53. The van der Waals surface area contributed by atoms with Gasteiger partial charge in [-0.15, -0.1) is 0 Å². The molecule has 2 bridgehead atoms. The van der Waals surface area contributed by atoms with Crippen LogP contribution in [0.2, 0.25) is 0 Å². The highest BCUT2D eigenvalue weighted by Gasteiger charge is 2.50. The van der Waals surface area contributed by atoms with E-state index >= 15 is 0 Å². The van der Waals surface area contributed by atoms with Crippen LogP contribution >= 0.6 is 0 Å². The maximum atomic E-state index is 11.7. The average molecular weight is 346 g/mol. The van der Waals surface area contributed by atoms with E-state index in [1.807, 2.05) is 20.8 Å². The molecule has 1 aromatic rings. The van der Waals surface area contributed by atoms with Crippen LogP contribution in [-0.2, 0) is 24.4 Å². The lowest BCUT2D eigenvalue weighted by Crippen LogP contribution is -2.53. The summed E-state index contributed by atoms with van der Waals surface area (Å²) in [5.74, 6) is -0.304. The van der Waals surface area contributed by atoms with Gasteiger partial charge >= 0.3 is 5.97 Å². The first-order chi connectivity index (χ1) is 11.8. The van der Waals surface area contributed by atoms with Crippen molar-refractivity contribution in [2.24, 2.45) is 0 Å². The number of benzene rings is 1. The first kappa shape index (κ1) is 18.4. The molecule has 4 heteroatoms. The lowest BCUT2D eigenvalue weighted by molar-refractivity contribution is -0.172. The molecule has 4 nitrogen and oxygen atoms in total. The van der Waals surface area contributed by atoms with Gasteiger partial charge in [0.2, 0.25) is 0 Å². The van der Waals surface area contributed by atoms with Crippen LogP contribution in [0, 0.1) is 0 Å². The maximum Gasteiger partial charge on any atom is 0.332 e. The molecule has 4 rings (SSSR count). The molecule has 3 fully saturated rings. The van der Waals surface area contributed by atoms with Crippen molar-refractivity contribution in [2.45, 2.75) is 69.5 Å². The molecular formula is C21H30O4. The van der Waals surface area contributed by atoms with E-state index < -0.39 is 5.60 Å². The van der Waals surface area contributed by atoms with Crippen LogP contribution in [0.1, 0.15) is 58.4 Å². The molecular weight excluding hydrogens is 316 g/mol. The number of hydrogen-bond donors (Lipinski definition) is 0. The Labute approximate surface area is 150 Å². The first-order valence-corrected chi connectivity index (χ1v) is 9.32. The molecule has 0 spiro atoms. The van der Waals surface area contributed by atoms with Crippen molar-refractivity contribution >= 4 is 5.97 Å². The molecule has 2 saturated heterocycles. The lowest BCUT2D eigenvalue weighted by atomic mass is 9.62. The fraction of sp³-hybridized carbons (Fsp3) is 0.667. The van der Waals surface area contributed by atoms with Gasteiger partial charge < -0.3 is 14.2 Å². The van der Waals surface area contributed by atoms with Gasteiger partial charge in [0.05, 0.1) is 18.8 Å². The third-order valence-corrected chi connectivity index (χ3v) is 5.50. The van der Waals surface area contributed by atoms with Crippen molar-refractivity contribution in [2.75, 3.05) is 19.8 Å². The van der Waals surface area contributed by atoms with Gasteiger partial charge in [-0.1, -0.05) is 30.3 Å². The summed E-state index contributed by atoms with van der Waals surface area (Å²) in [7, 11) is 0. The zero-order valence-corrected chi connectivity index (χ0v) is 15.7. The van der Waals surface area contributed by atoms with Crippen LogP contribution < -0.4 is 0 Å². The minimum atomic E-state index is -0.463. The summed E-state index contributed by atoms with van der Waals surface area (Å²) < 4.78 is 17.1. The van der Waals surface area contributed by atoms with Gasteiger partial charge in [0.1, 0.15) is 12.2 Å². The number of carbonyl (C=O) groups excluding carboxylic acids is 1. The minimum absolute atomic E-state index is 0.0152. The van der Waals surface area contributed by atoms with Crippen LogP contribution in [-0.4, -0.2) is 37.0 Å². The van der Waals surface area contributed by atoms with E-state index in [4.69, 9.17) is 14.2 Å². The molecule has 0 atom stereocenters. The summed E-state index contributed by atoms with van der Waals surface area (Å²) in [4.78, 5) is 11.7. The van der Waals surface area contributed by atoms with Gasteiger partial charge in [-0.3, -0.25) is 0 Å². The van der Waals surface area contributed by atoms with E-state index in [2.05, 4.69) is 30.3 Å². The Morgan fingerprint density at radius 2 is 1.80 bits per heavy atom. The second kappa shape index (κ2) is 7.08. The highest BCUT2D eigenvalue weighted by molar-refractivity contribution is 5.71. The number of esters is 1. The number of rotatable bonds is 6. The van der Waals surface area contributed by atoms with Gasteiger partial charge in [0, 0.05) is 5.41 Å². The standard InChI is InChI=1S/C21H30O4/c1-19(2,3)25-18(22)15-23-14-13-21-11-9-20(10-12-21,16-24-21)17-7-5-4-6-8-17/h4-8H,9-16H2,1-3H3. The van der Waals surface area contributed by atoms with E-state index in [-0.39, 0.29) is 23.6 Å². The quantitative estimate of drug-likeness (QED) is 0.576. The molecule has 1 aliphatic carbocycles. The largest absolute Gasteiger partial charge is 0.458 e. The fourth-order valence-electron chi connectivity index (χ4n) is 4.03. The number of ether oxygens (including phenoxy) is 3. The Balaban J connectivity index is 1.45. The molecule has 0 N–H and O–H groups in total. The Bertz CT molecular complexity index is 563. The minimum Gasteiger partial charge on any atom is -0.458 e. The molecule has 1 saturated carbocycles. The summed E-state index contributed by atoms with van der Waals surface area (Å²) in [6, 6.07) is 10.8. The normalized spacial score (nSPS) is 28.8. The summed E-state index contributed by atoms with van der Waals surface area (Å²) in [5.41, 5.74) is 1.07. The van der Waals surface area contributed by atoms with Gasteiger partial charge in [-0.05, 0) is 58.4 Å². The second-order valence-corrected chi connectivity index (χ2v) is 8.51. The Kier molecular flexibility index (Phi) is 5.21. The first-order valence-electron chi connectivity index (χ1n) is 9.32. The van der Waals surface area contributed by atoms with Gasteiger partial charge in [-0.2, -0.15) is 0 Å². The Morgan fingerprint density at radius 3 is 2.36 bits per heavy atom. The maximum absolute atomic E-state index is 11.7. The van der Waals surface area contributed by atoms with Crippen molar-refractivity contribution in [1.29, 1.82) is 0 Å². The van der Waals surface area contributed by atoms with E-state index in [1.54, 1.807) is 0 Å². The Hall–Kier alpha value is -1.39. The monoisotopic (exact) mass is 346 g/mol. The fourth-order valence-corrected chi connectivity index (χ4v) is 4.03. The van der Waals surface area contributed by atoms with Crippen LogP contribution in [0.25, 0.3) is 0 Å². The number of fused-ring (bicyclic) bond motifs is 3. The van der Waals surface area contributed by atoms with Gasteiger partial charge in [0.15, 0.2) is 0 Å². The molecule has 3 aliphatic rings. The molecule has 1 aromatic carbocycles. The van der Waals surface area contributed by atoms with Crippen LogP contribution in [0.15, 0.2) is 30.3 Å². The number of hydrogen-bond acceptors (Lipinski definition) is 4. The molecule has 0 amide bonds. The van der Waals surface area contributed by atoms with Crippen molar-refractivity contribution in [1.82, 2.24) is 0 Å². The zero-order chi connectivity index (χ0) is 18.0. The smallest absolute Gasteiger partial charge is 0.332 e. The van der Waals surface area contributed by atoms with Crippen molar-refractivity contribution in [3.63, 3.8) is 0 Å². The summed E-state index contributed by atoms with van der Waals surface area (Å²) in [6.45, 7) is 6.93. The third kappa shape index (κ3) is 4.42. The molecule has 138 valence electrons. The molecule has 25 heavy (non-hydrogen) atoms. The zero-order valence-electron chi connectivity index (χ0n) is 15.7. The van der Waals surface area contributed by atoms with Crippen LogP contribution in [0.3, 0.4) is 0 Å². The molecule has 2 aliphatic heterocycles. The summed E-state index contributed by atoms with van der Waals surface area (Å²) >= 11 is 0. The highest BCUT2D eigenvalue weighted by Crippen LogP contribution is 2.51. The highest BCUT2D eigenvalue weighted by atomic mass is 16.6. The van der Waals surface area contributed by atoms with Crippen molar-refractivity contribution in [3.8, 4) is 0 Å². The molecule has 2 heterocycles. The SMILES string of the molecule is CC(C)(C)OC(=O)COCCC12CCC(c3ccccc3)(CC1)CO2. The summed E-state index contributed by atoms with van der Waals surface area (Å²) in [5, 5.41) is 0. The van der Waals surface area contributed by atoms with Crippen LogP contribution in [0.4, 0.5) is 0 Å². The second-order valence-electron chi connectivity index (χ2n) is 8.51. The summed E-state index contributed by atoms with van der Waals surface area (Å²) in [6.07, 6.45) is 5.32. The third-order valence-electron chi connectivity index (χ3n) is 5.50. The van der Waals surface area contributed by atoms with E-state index in [0.29, 0.717) is 6.61 Å². The predicted octanol–water partition coefficient (Wildman–Crippen LogP) is 4.02. The van der Waals surface area contributed by atoms with Crippen LogP contribution in [0.5, 0.6) is 0 Å². The van der Waals surface area contributed by atoms with E-state index in [1.165, 1.54) is 18.4 Å². The predicted molar refractivity (Wildman–Crippen MR) is 96.6 cm³/mol. The van der Waals surface area contributed by atoms with Gasteiger partial charge in [-0.25, -0.2) is 4.79 Å². The van der Waals surface area contributed by atoms with Crippen molar-refractivity contribution < 1.29 is 19.0 Å². The van der Waals surface area contributed by atoms with E-state index in [0.717, 1.165) is 25.9 Å². The Morgan fingerprint density at radius 1 is 1.12 bits per heavy atom. The van der Waals surface area contributed by atoms with Crippen molar-refractivity contribution in [3.05, 3.63) is 35.9 Å². The molecule has 0 radical (unpaired) electrons. The van der Waals surface area contributed by atoms with E-state index in [9.17, 15) is 4.79 Å². The molecule has 0 aromatic heterocycles.